The molecule has 2 aromatic carbocycles. The number of likely N-dealkylation sites (tertiary alicyclic amines) is 2. The number of hydrogen-bond donors (Lipinski definition) is 1. The summed E-state index contributed by atoms with van der Waals surface area (Å²) in [5, 5.41) is 10.4. The molecule has 11 nitrogen and oxygen atoms in total. The van der Waals surface area contributed by atoms with Gasteiger partial charge in [0.1, 0.15) is 23.0 Å². The quantitative estimate of drug-likeness (QED) is 0.257. The number of nitrogens with two attached hydrogens (primary N) is 1. The first-order valence-corrected chi connectivity index (χ1v) is 17.3. The topological polar surface area (TPSA) is 135 Å². The molecule has 2 amide bonds. The van der Waals surface area contributed by atoms with Gasteiger partial charge in [0.15, 0.2) is 5.82 Å². The number of methoxy groups -OCH3 is 1. The summed E-state index contributed by atoms with van der Waals surface area (Å²) in [6.07, 6.45) is 5.98. The predicted molar refractivity (Wildman–Crippen MR) is 184 cm³/mol. The molecule has 2 unspecified atom stereocenters. The highest BCUT2D eigenvalue weighted by Crippen LogP contribution is 2.41. The number of ether oxygens (including phenoxy) is 1. The molecule has 4 fully saturated rings. The molecule has 2 saturated heterocycles. The van der Waals surface area contributed by atoms with Gasteiger partial charge >= 0.3 is 0 Å². The minimum atomic E-state index is -0.105. The number of carbonyl (C=O) groups is 2. The number of nitrogens with zero attached hydrogens (tertiary/aromatic N) is 7. The van der Waals surface area contributed by atoms with Crippen LogP contribution >= 0.6 is 0 Å². The van der Waals surface area contributed by atoms with E-state index in [0.29, 0.717) is 60.4 Å². The number of aromatic nitrogens is 4. The molecule has 2 bridgehead atoms. The fourth-order valence-corrected chi connectivity index (χ4v) is 8.40. The fourth-order valence-electron chi connectivity index (χ4n) is 8.40. The number of hydrogen-bond acceptors (Lipinski definition) is 7. The SMILES string of the molecule is COc1cc(C(=O)N2CC3CCC2[C@@H]3N)cc2nc(-c3cc4ccccc4n3CC3CC3)n(CC3CN(C(=O)c4ccnc(C#N)c4)C3)c12. The van der Waals surface area contributed by atoms with Gasteiger partial charge in [-0.15, -0.1) is 0 Å². The van der Waals surface area contributed by atoms with Crippen molar-refractivity contribution < 1.29 is 14.3 Å². The zero-order valence-electron chi connectivity index (χ0n) is 27.5. The van der Waals surface area contributed by atoms with E-state index >= 15 is 0 Å². The van der Waals surface area contributed by atoms with Crippen molar-refractivity contribution in [3.63, 3.8) is 0 Å². The largest absolute Gasteiger partial charge is 0.494 e. The van der Waals surface area contributed by atoms with Crippen molar-refractivity contribution in [1.29, 1.82) is 5.26 Å². The number of piperidine rings is 1. The summed E-state index contributed by atoms with van der Waals surface area (Å²) < 4.78 is 10.7. The summed E-state index contributed by atoms with van der Waals surface area (Å²) in [5.41, 5.74) is 11.5. The van der Waals surface area contributed by atoms with Crippen LogP contribution in [0.25, 0.3) is 33.5 Å². The van der Waals surface area contributed by atoms with E-state index in [2.05, 4.69) is 44.5 Å². The number of imidazole rings is 1. The van der Waals surface area contributed by atoms with E-state index in [1.807, 2.05) is 28.0 Å². The number of para-hydroxylation sites is 1. The molecule has 3 aromatic heterocycles. The molecule has 9 rings (SSSR count). The first kappa shape index (κ1) is 29.9. The van der Waals surface area contributed by atoms with E-state index in [1.165, 1.54) is 24.6 Å². The van der Waals surface area contributed by atoms with Crippen LogP contribution in [0, 0.1) is 29.1 Å². The van der Waals surface area contributed by atoms with E-state index in [1.54, 1.807) is 19.2 Å². The van der Waals surface area contributed by atoms with Crippen molar-refractivity contribution in [2.75, 3.05) is 26.7 Å². The third-order valence-corrected chi connectivity index (χ3v) is 11.2. The van der Waals surface area contributed by atoms with Gasteiger partial charge in [-0.25, -0.2) is 9.97 Å². The molecule has 49 heavy (non-hydrogen) atoms. The number of amides is 2. The molecule has 2 N–H and O–H groups in total. The maximum Gasteiger partial charge on any atom is 0.254 e. The smallest absolute Gasteiger partial charge is 0.254 e. The van der Waals surface area contributed by atoms with Gasteiger partial charge in [-0.05, 0) is 73.9 Å². The molecule has 248 valence electrons. The van der Waals surface area contributed by atoms with Crippen LogP contribution in [0.15, 0.2) is 60.8 Å². The van der Waals surface area contributed by atoms with Crippen molar-refractivity contribution in [2.45, 2.75) is 50.9 Å². The predicted octanol–water partition coefficient (Wildman–Crippen LogP) is 4.68. The zero-order chi connectivity index (χ0) is 33.4. The number of nitriles is 1. The van der Waals surface area contributed by atoms with Crippen LogP contribution in [-0.2, 0) is 13.1 Å². The van der Waals surface area contributed by atoms with Crippen molar-refractivity contribution >= 4 is 33.8 Å². The molecular weight excluding hydrogens is 616 g/mol. The van der Waals surface area contributed by atoms with Crippen molar-refractivity contribution in [2.24, 2.45) is 23.5 Å². The Kier molecular flexibility index (Phi) is 6.98. The Hall–Kier alpha value is -5.21. The number of fused-ring (bicyclic) bond motifs is 4. The molecule has 4 aliphatic rings. The first-order valence-electron chi connectivity index (χ1n) is 17.3. The molecule has 5 heterocycles. The lowest BCUT2D eigenvalue weighted by molar-refractivity contribution is 0.0471. The molecule has 2 aliphatic heterocycles. The molecular formula is C38H38N8O3. The summed E-state index contributed by atoms with van der Waals surface area (Å²) in [7, 11) is 1.64. The Morgan fingerprint density at radius 3 is 2.49 bits per heavy atom. The van der Waals surface area contributed by atoms with Gasteiger partial charge in [0.05, 0.1) is 18.3 Å². The highest BCUT2D eigenvalue weighted by molar-refractivity contribution is 6.01. The molecule has 11 heteroatoms. The van der Waals surface area contributed by atoms with Crippen molar-refractivity contribution in [3.05, 3.63) is 77.6 Å². The normalized spacial score (nSPS) is 21.8. The summed E-state index contributed by atoms with van der Waals surface area (Å²) in [5.74, 6) is 2.48. The van der Waals surface area contributed by atoms with Crippen LogP contribution in [-0.4, -0.2) is 79.5 Å². The number of benzene rings is 2. The van der Waals surface area contributed by atoms with Gasteiger partial charge in [0.25, 0.3) is 11.8 Å². The van der Waals surface area contributed by atoms with Gasteiger partial charge in [-0.1, -0.05) is 18.2 Å². The monoisotopic (exact) mass is 654 g/mol. The summed E-state index contributed by atoms with van der Waals surface area (Å²) in [4.78, 5) is 40.3. The van der Waals surface area contributed by atoms with Crippen LogP contribution in [0.3, 0.4) is 0 Å². The molecule has 0 spiro atoms. The third-order valence-electron chi connectivity index (χ3n) is 11.2. The average molecular weight is 655 g/mol. The van der Waals surface area contributed by atoms with E-state index in [0.717, 1.165) is 41.8 Å². The summed E-state index contributed by atoms with van der Waals surface area (Å²) in [6.45, 7) is 3.38. The second-order valence-corrected chi connectivity index (χ2v) is 14.3. The third kappa shape index (κ3) is 4.96. The summed E-state index contributed by atoms with van der Waals surface area (Å²) in [6, 6.07) is 19.8. The van der Waals surface area contributed by atoms with Gasteiger partial charge < -0.3 is 29.4 Å². The minimum absolute atomic E-state index is 0.0226. The van der Waals surface area contributed by atoms with Crippen LogP contribution in [0.5, 0.6) is 5.75 Å². The standard InChI is InChI=1S/C38H38N8O3/c1-49-33-15-27(38(48)45-21-26-8-9-31(45)34(26)40)13-29-35(33)46(20-23-17-43(18-23)37(47)25-10-11-41-28(12-25)16-39)36(42-29)32-14-24-4-2-3-5-30(24)44(32)19-22-6-7-22/h2-5,10-15,22-23,26,31,34H,6-9,17-21,40H2,1H3/t26?,31?,34-/m1/s1. The number of pyridine rings is 1. The molecule has 2 saturated carbocycles. The Labute approximate surface area is 283 Å². The summed E-state index contributed by atoms with van der Waals surface area (Å²) >= 11 is 0. The van der Waals surface area contributed by atoms with E-state index in [-0.39, 0.29) is 35.5 Å². The van der Waals surface area contributed by atoms with Gasteiger partial charge in [0, 0.05) is 79.0 Å². The number of rotatable bonds is 8. The lowest BCUT2D eigenvalue weighted by Gasteiger charge is -2.39. The second-order valence-electron chi connectivity index (χ2n) is 14.3. The molecule has 3 atom stereocenters. The van der Waals surface area contributed by atoms with Crippen LogP contribution in [0.4, 0.5) is 0 Å². The van der Waals surface area contributed by atoms with Crippen molar-refractivity contribution in [3.8, 4) is 23.3 Å². The average Bonchev–Trinajstić information content (AvgIpc) is 3.47. The van der Waals surface area contributed by atoms with Gasteiger partial charge in [0.2, 0.25) is 0 Å². The van der Waals surface area contributed by atoms with E-state index in [4.69, 9.17) is 15.5 Å². The highest BCUT2D eigenvalue weighted by atomic mass is 16.5. The lowest BCUT2D eigenvalue weighted by Crippen LogP contribution is -2.51. The maximum absolute atomic E-state index is 14.0. The Morgan fingerprint density at radius 1 is 0.939 bits per heavy atom. The first-order chi connectivity index (χ1) is 23.9. The second kappa shape index (κ2) is 11.4. The van der Waals surface area contributed by atoms with E-state index < -0.39 is 0 Å². The van der Waals surface area contributed by atoms with Crippen LogP contribution in [0.2, 0.25) is 0 Å². The van der Waals surface area contributed by atoms with Gasteiger partial charge in [-0.3, -0.25) is 9.59 Å². The lowest BCUT2D eigenvalue weighted by atomic mass is 9.98. The van der Waals surface area contributed by atoms with Crippen molar-refractivity contribution in [1.82, 2.24) is 28.9 Å². The van der Waals surface area contributed by atoms with Gasteiger partial charge in [-0.2, -0.15) is 5.26 Å². The Morgan fingerprint density at radius 2 is 1.76 bits per heavy atom. The maximum atomic E-state index is 14.0. The molecule has 5 aromatic rings. The molecule has 2 aliphatic carbocycles. The van der Waals surface area contributed by atoms with Crippen LogP contribution in [0.1, 0.15) is 52.1 Å². The Balaban J connectivity index is 1.11. The van der Waals surface area contributed by atoms with E-state index in [9.17, 15) is 14.9 Å². The zero-order valence-corrected chi connectivity index (χ0v) is 27.5. The highest BCUT2D eigenvalue weighted by Gasteiger charge is 2.47. The Bertz CT molecular complexity index is 2190. The van der Waals surface area contributed by atoms with Crippen LogP contribution < -0.4 is 10.5 Å². The number of carbonyl (C=O) groups excluding carboxylic acids is 2. The molecule has 0 radical (unpaired) electrons. The minimum Gasteiger partial charge on any atom is -0.494 e. The fraction of sp³-hybridized carbons (Fsp3) is 0.395.